The number of amidine groups is 1. The lowest BCUT2D eigenvalue weighted by Crippen LogP contribution is -2.49. The topological polar surface area (TPSA) is 61.9 Å². The first-order chi connectivity index (χ1) is 7.90. The van der Waals surface area contributed by atoms with E-state index >= 15 is 0 Å². The van der Waals surface area contributed by atoms with Gasteiger partial charge in [0.25, 0.3) is 0 Å². The van der Waals surface area contributed by atoms with Crippen LogP contribution in [0.4, 0.5) is 0 Å². The van der Waals surface area contributed by atoms with Gasteiger partial charge in [0.15, 0.2) is 5.84 Å². The van der Waals surface area contributed by atoms with E-state index in [1.54, 1.807) is 0 Å². The van der Waals surface area contributed by atoms with Crippen molar-refractivity contribution in [3.63, 3.8) is 0 Å². The first-order valence-electron chi connectivity index (χ1n) is 6.61. The Labute approximate surface area is 105 Å². The van der Waals surface area contributed by atoms with Crippen LogP contribution >= 0.6 is 0 Å². The third kappa shape index (κ3) is 3.60. The highest BCUT2D eigenvalue weighted by atomic mass is 16.4. The zero-order chi connectivity index (χ0) is 13.1. The maximum atomic E-state index is 8.78. The largest absolute Gasteiger partial charge is 0.409 e. The number of nitrogens with two attached hydrogens (primary N) is 1. The van der Waals surface area contributed by atoms with Gasteiger partial charge in [-0.2, -0.15) is 0 Å². The lowest BCUT2D eigenvalue weighted by Gasteiger charge is -2.41. The number of nitrogens with zero attached hydrogens (tertiary/aromatic N) is 2. The Bertz CT molecular complexity index is 262. The summed E-state index contributed by atoms with van der Waals surface area (Å²) in [5, 5.41) is 11.9. The van der Waals surface area contributed by atoms with Crippen LogP contribution in [0.25, 0.3) is 0 Å². The fraction of sp³-hybridized carbons (Fsp3) is 0.923. The van der Waals surface area contributed by atoms with Crippen molar-refractivity contribution in [2.45, 2.75) is 53.0 Å². The third-order valence-electron chi connectivity index (χ3n) is 4.04. The maximum Gasteiger partial charge on any atom is 0.156 e. The summed E-state index contributed by atoms with van der Waals surface area (Å²) in [5.74, 6) is 1.13. The van der Waals surface area contributed by atoms with E-state index < -0.39 is 0 Å². The second-order valence-corrected chi connectivity index (χ2v) is 6.13. The van der Waals surface area contributed by atoms with Gasteiger partial charge in [0.2, 0.25) is 0 Å². The van der Waals surface area contributed by atoms with E-state index in [1.165, 1.54) is 12.8 Å². The minimum Gasteiger partial charge on any atom is -0.409 e. The van der Waals surface area contributed by atoms with Gasteiger partial charge in [0, 0.05) is 0 Å². The molecule has 0 aliphatic carbocycles. The molecule has 0 saturated carbocycles. The fourth-order valence-electron chi connectivity index (χ4n) is 2.80. The molecule has 1 heterocycles. The molecular formula is C13H27N3O. The molecule has 0 spiro atoms. The first-order valence-corrected chi connectivity index (χ1v) is 6.61. The molecule has 0 amide bonds. The smallest absolute Gasteiger partial charge is 0.156 e. The van der Waals surface area contributed by atoms with Crippen molar-refractivity contribution in [2.75, 3.05) is 13.1 Å². The highest BCUT2D eigenvalue weighted by Crippen LogP contribution is 2.34. The van der Waals surface area contributed by atoms with Gasteiger partial charge in [-0.1, -0.05) is 32.9 Å². The summed E-state index contributed by atoms with van der Waals surface area (Å²) in [7, 11) is 0. The number of oxime groups is 1. The molecule has 17 heavy (non-hydrogen) atoms. The number of hydrogen-bond donors (Lipinski definition) is 2. The molecule has 1 rings (SSSR count). The molecule has 3 N–H and O–H groups in total. The van der Waals surface area contributed by atoms with Gasteiger partial charge in [0.05, 0.1) is 6.04 Å². The molecule has 1 aliphatic rings. The Kier molecular flexibility index (Phi) is 4.80. The van der Waals surface area contributed by atoms with E-state index in [4.69, 9.17) is 10.9 Å². The monoisotopic (exact) mass is 241 g/mol. The van der Waals surface area contributed by atoms with Crippen LogP contribution in [0, 0.1) is 11.3 Å². The maximum absolute atomic E-state index is 8.78. The van der Waals surface area contributed by atoms with E-state index in [1.807, 2.05) is 0 Å². The fourth-order valence-corrected chi connectivity index (χ4v) is 2.80. The highest BCUT2D eigenvalue weighted by Gasteiger charge is 2.31. The number of hydrogen-bond acceptors (Lipinski definition) is 3. The molecule has 100 valence electrons. The molecular weight excluding hydrogens is 214 g/mol. The van der Waals surface area contributed by atoms with Crippen molar-refractivity contribution < 1.29 is 5.21 Å². The minimum absolute atomic E-state index is 0.0981. The van der Waals surface area contributed by atoms with Crippen molar-refractivity contribution in [3.8, 4) is 0 Å². The summed E-state index contributed by atoms with van der Waals surface area (Å²) in [6.07, 6.45) is 3.31. The van der Waals surface area contributed by atoms with Crippen LogP contribution in [-0.2, 0) is 0 Å². The Morgan fingerprint density at radius 2 is 1.94 bits per heavy atom. The van der Waals surface area contributed by atoms with Gasteiger partial charge in [-0.3, -0.25) is 4.90 Å². The Hall–Kier alpha value is -0.770. The first kappa shape index (κ1) is 14.3. The minimum atomic E-state index is 0.0981. The van der Waals surface area contributed by atoms with Crippen LogP contribution in [0.3, 0.4) is 0 Å². The van der Waals surface area contributed by atoms with Gasteiger partial charge in [-0.15, -0.1) is 0 Å². The summed E-state index contributed by atoms with van der Waals surface area (Å²) >= 11 is 0. The second-order valence-electron chi connectivity index (χ2n) is 6.13. The van der Waals surface area contributed by atoms with E-state index in [2.05, 4.69) is 37.8 Å². The lowest BCUT2D eigenvalue weighted by molar-refractivity contribution is 0.0979. The van der Waals surface area contributed by atoms with Crippen molar-refractivity contribution in [2.24, 2.45) is 22.2 Å². The van der Waals surface area contributed by atoms with Crippen LogP contribution < -0.4 is 5.73 Å². The van der Waals surface area contributed by atoms with E-state index in [-0.39, 0.29) is 6.04 Å². The van der Waals surface area contributed by atoms with Gasteiger partial charge in [-0.05, 0) is 43.7 Å². The van der Waals surface area contributed by atoms with Gasteiger partial charge in [0.1, 0.15) is 0 Å². The highest BCUT2D eigenvalue weighted by molar-refractivity contribution is 5.85. The average Bonchev–Trinajstić information content (AvgIpc) is 2.29. The van der Waals surface area contributed by atoms with Crippen LogP contribution in [-0.4, -0.2) is 35.1 Å². The molecule has 1 unspecified atom stereocenters. The summed E-state index contributed by atoms with van der Waals surface area (Å²) < 4.78 is 0. The molecule has 1 saturated heterocycles. The average molecular weight is 241 g/mol. The molecule has 4 nitrogen and oxygen atoms in total. The summed E-state index contributed by atoms with van der Waals surface area (Å²) in [6.45, 7) is 11.1. The van der Waals surface area contributed by atoms with Gasteiger partial charge in [-0.25, -0.2) is 0 Å². The normalized spacial score (nSPS) is 22.7. The van der Waals surface area contributed by atoms with Crippen LogP contribution in [0.2, 0.25) is 0 Å². The van der Waals surface area contributed by atoms with Crippen LogP contribution in [0.15, 0.2) is 5.16 Å². The van der Waals surface area contributed by atoms with E-state index in [9.17, 15) is 0 Å². The summed E-state index contributed by atoms with van der Waals surface area (Å²) in [4.78, 5) is 2.34. The molecule has 0 aromatic rings. The van der Waals surface area contributed by atoms with Crippen molar-refractivity contribution in [1.82, 2.24) is 4.90 Å². The van der Waals surface area contributed by atoms with Crippen LogP contribution in [0.1, 0.15) is 47.0 Å². The quantitative estimate of drug-likeness (QED) is 0.345. The van der Waals surface area contributed by atoms with Gasteiger partial charge >= 0.3 is 0 Å². The molecule has 0 aromatic heterocycles. The zero-order valence-corrected chi connectivity index (χ0v) is 11.6. The van der Waals surface area contributed by atoms with Crippen molar-refractivity contribution in [1.29, 1.82) is 0 Å². The zero-order valence-electron chi connectivity index (χ0n) is 11.6. The van der Waals surface area contributed by atoms with Crippen LogP contribution in [0.5, 0.6) is 0 Å². The SMILES string of the molecule is CCC(C(N)=NO)N1CCC(C(C)(C)C)CC1. The Morgan fingerprint density at radius 1 is 1.41 bits per heavy atom. The predicted octanol–water partition coefficient (Wildman–Crippen LogP) is 2.27. The standard InChI is InChI=1S/C13H27N3O/c1-5-11(12(14)15-17)16-8-6-10(7-9-16)13(2,3)4/h10-11,17H,5-9H2,1-4H3,(H2,14,15). The Balaban J connectivity index is 2.56. The lowest BCUT2D eigenvalue weighted by atomic mass is 9.75. The summed E-state index contributed by atoms with van der Waals surface area (Å²) in [6, 6.07) is 0.0981. The van der Waals surface area contributed by atoms with Gasteiger partial charge < -0.3 is 10.9 Å². The molecule has 1 fully saturated rings. The predicted molar refractivity (Wildman–Crippen MR) is 71.2 cm³/mol. The molecule has 0 radical (unpaired) electrons. The number of likely N-dealkylation sites (tertiary alicyclic amines) is 1. The molecule has 0 bridgehead atoms. The van der Waals surface area contributed by atoms with Crippen molar-refractivity contribution in [3.05, 3.63) is 0 Å². The van der Waals surface area contributed by atoms with Crippen molar-refractivity contribution >= 4 is 5.84 Å². The summed E-state index contributed by atoms with van der Waals surface area (Å²) in [5.41, 5.74) is 6.13. The molecule has 1 atom stereocenters. The second kappa shape index (κ2) is 5.71. The third-order valence-corrected chi connectivity index (χ3v) is 4.04. The Morgan fingerprint density at radius 3 is 2.29 bits per heavy atom. The molecule has 0 aromatic carbocycles. The van der Waals surface area contributed by atoms with E-state index in [0.29, 0.717) is 11.3 Å². The van der Waals surface area contributed by atoms with E-state index in [0.717, 1.165) is 25.4 Å². The number of rotatable bonds is 3. The molecule has 4 heteroatoms. The molecule has 1 aliphatic heterocycles. The number of piperidine rings is 1.